The Morgan fingerprint density at radius 2 is 1.91 bits per heavy atom. The summed E-state index contributed by atoms with van der Waals surface area (Å²) in [6.45, 7) is 6.87. The molecule has 0 aliphatic carbocycles. The molecule has 1 aromatic heterocycles. The fraction of sp³-hybridized carbons (Fsp3) is 0.412. The predicted octanol–water partition coefficient (Wildman–Crippen LogP) is 2.93. The second kappa shape index (κ2) is 6.58. The van der Waals surface area contributed by atoms with Crippen LogP contribution >= 0.6 is 11.3 Å². The molecule has 0 unspecified atom stereocenters. The number of aromatic hydroxyl groups is 1. The van der Waals surface area contributed by atoms with Gasteiger partial charge in [-0.05, 0) is 18.1 Å². The van der Waals surface area contributed by atoms with Crippen molar-refractivity contribution < 1.29 is 9.90 Å². The van der Waals surface area contributed by atoms with Crippen molar-refractivity contribution in [1.29, 1.82) is 0 Å². The lowest BCUT2D eigenvalue weighted by atomic mass is 10.1. The molecule has 122 valence electrons. The number of benzene rings is 1. The zero-order valence-corrected chi connectivity index (χ0v) is 14.2. The minimum Gasteiger partial charge on any atom is -0.506 e. The Kier molecular flexibility index (Phi) is 4.52. The van der Waals surface area contributed by atoms with E-state index in [-0.39, 0.29) is 17.6 Å². The summed E-state index contributed by atoms with van der Waals surface area (Å²) in [5.41, 5.74) is 3.48. The Hall–Kier alpha value is -2.08. The number of amides is 1. The quantitative estimate of drug-likeness (QED) is 0.939. The van der Waals surface area contributed by atoms with E-state index in [2.05, 4.69) is 23.7 Å². The number of nitrogens with zero attached hydrogens (tertiary/aromatic N) is 3. The van der Waals surface area contributed by atoms with Gasteiger partial charge in [0.05, 0.1) is 16.9 Å². The Labute approximate surface area is 140 Å². The third kappa shape index (κ3) is 3.17. The zero-order chi connectivity index (χ0) is 16.4. The molecular weight excluding hydrogens is 310 g/mol. The molecule has 0 saturated carbocycles. The molecule has 3 rings (SSSR count). The van der Waals surface area contributed by atoms with Crippen LogP contribution in [0.2, 0.25) is 0 Å². The minimum absolute atomic E-state index is 0.0770. The summed E-state index contributed by atoms with van der Waals surface area (Å²) in [6.07, 6.45) is 0. The number of anilines is 1. The lowest BCUT2D eigenvalue weighted by molar-refractivity contribution is 0.0750. The summed E-state index contributed by atoms with van der Waals surface area (Å²) < 4.78 is 0. The van der Waals surface area contributed by atoms with Gasteiger partial charge in [-0.1, -0.05) is 26.0 Å². The lowest BCUT2D eigenvalue weighted by Crippen LogP contribution is -2.48. The van der Waals surface area contributed by atoms with Crippen molar-refractivity contribution in [3.8, 4) is 5.75 Å². The maximum Gasteiger partial charge on any atom is 0.265 e. The Bertz CT molecular complexity index is 691. The number of carbonyl (C=O) groups excluding carboxylic acids is 1. The smallest absolute Gasteiger partial charge is 0.265 e. The van der Waals surface area contributed by atoms with E-state index in [0.29, 0.717) is 13.1 Å². The average Bonchev–Trinajstić information content (AvgIpc) is 3.05. The molecule has 2 heterocycles. The lowest BCUT2D eigenvalue weighted by Gasteiger charge is -2.36. The average molecular weight is 331 g/mol. The maximum absolute atomic E-state index is 12.7. The van der Waals surface area contributed by atoms with Crippen molar-refractivity contribution >= 4 is 22.9 Å². The number of phenolic OH excluding ortho intramolecular Hbond substituents is 1. The van der Waals surface area contributed by atoms with Gasteiger partial charge in [0.1, 0.15) is 10.6 Å². The largest absolute Gasteiger partial charge is 0.506 e. The van der Waals surface area contributed by atoms with Crippen LogP contribution in [0.25, 0.3) is 0 Å². The molecular formula is C17H21N3O2S. The summed E-state index contributed by atoms with van der Waals surface area (Å²) in [4.78, 5) is 21.8. The number of thiazole rings is 1. The van der Waals surface area contributed by atoms with Crippen LogP contribution in [0, 0.1) is 0 Å². The zero-order valence-electron chi connectivity index (χ0n) is 13.4. The monoisotopic (exact) mass is 331 g/mol. The fourth-order valence-corrected chi connectivity index (χ4v) is 3.76. The van der Waals surface area contributed by atoms with Crippen molar-refractivity contribution in [2.24, 2.45) is 0 Å². The molecule has 2 aromatic rings. The first kappa shape index (κ1) is 15.8. The number of para-hydroxylation sites is 2. The van der Waals surface area contributed by atoms with E-state index < -0.39 is 0 Å². The fourth-order valence-electron chi connectivity index (χ4n) is 2.85. The van der Waals surface area contributed by atoms with Crippen LogP contribution in [0.1, 0.15) is 35.1 Å². The summed E-state index contributed by atoms with van der Waals surface area (Å²) in [5, 5.41) is 9.96. The van der Waals surface area contributed by atoms with E-state index in [1.807, 2.05) is 23.1 Å². The molecule has 5 nitrogen and oxygen atoms in total. The molecule has 1 aliphatic heterocycles. The van der Waals surface area contributed by atoms with Gasteiger partial charge in [0.2, 0.25) is 0 Å². The highest BCUT2D eigenvalue weighted by atomic mass is 32.1. The number of hydrogen-bond acceptors (Lipinski definition) is 5. The molecule has 0 atom stereocenters. The number of aromatic nitrogens is 1. The Balaban J connectivity index is 1.68. The molecule has 0 radical (unpaired) electrons. The van der Waals surface area contributed by atoms with Crippen molar-refractivity contribution in [3.63, 3.8) is 0 Å². The SMILES string of the molecule is CC(C)c1ncsc1C(=O)N1CCN(c2ccccc2O)CC1. The van der Waals surface area contributed by atoms with Crippen molar-refractivity contribution in [3.05, 3.63) is 40.3 Å². The van der Waals surface area contributed by atoms with E-state index in [1.54, 1.807) is 11.6 Å². The van der Waals surface area contributed by atoms with E-state index in [0.717, 1.165) is 29.3 Å². The van der Waals surface area contributed by atoms with Gasteiger partial charge in [0.15, 0.2) is 0 Å². The van der Waals surface area contributed by atoms with Gasteiger partial charge in [0, 0.05) is 26.2 Å². The second-order valence-corrected chi connectivity index (χ2v) is 6.84. The van der Waals surface area contributed by atoms with Crippen molar-refractivity contribution in [1.82, 2.24) is 9.88 Å². The minimum atomic E-state index is 0.0770. The summed E-state index contributed by atoms with van der Waals surface area (Å²) in [5.74, 6) is 0.618. The molecule has 1 fully saturated rings. The van der Waals surface area contributed by atoms with E-state index >= 15 is 0 Å². The first-order chi connectivity index (χ1) is 11.1. The van der Waals surface area contributed by atoms with Crippen LogP contribution in [0.3, 0.4) is 0 Å². The first-order valence-electron chi connectivity index (χ1n) is 7.83. The Morgan fingerprint density at radius 3 is 2.57 bits per heavy atom. The predicted molar refractivity (Wildman–Crippen MR) is 92.4 cm³/mol. The van der Waals surface area contributed by atoms with Crippen LogP contribution in [0.5, 0.6) is 5.75 Å². The van der Waals surface area contributed by atoms with Gasteiger partial charge in [0.25, 0.3) is 5.91 Å². The molecule has 1 aromatic carbocycles. The molecule has 0 spiro atoms. The normalized spacial score (nSPS) is 15.3. The topological polar surface area (TPSA) is 56.7 Å². The highest BCUT2D eigenvalue weighted by Crippen LogP contribution is 2.28. The Morgan fingerprint density at radius 1 is 1.22 bits per heavy atom. The van der Waals surface area contributed by atoms with Gasteiger partial charge < -0.3 is 14.9 Å². The van der Waals surface area contributed by atoms with Gasteiger partial charge in [-0.2, -0.15) is 0 Å². The van der Waals surface area contributed by atoms with Gasteiger partial charge in [-0.15, -0.1) is 11.3 Å². The molecule has 1 amide bonds. The number of hydrogen-bond donors (Lipinski definition) is 1. The van der Waals surface area contributed by atoms with Gasteiger partial charge in [-0.25, -0.2) is 4.98 Å². The van der Waals surface area contributed by atoms with Crippen molar-refractivity contribution in [2.75, 3.05) is 31.1 Å². The van der Waals surface area contributed by atoms with Crippen LogP contribution < -0.4 is 4.90 Å². The second-order valence-electron chi connectivity index (χ2n) is 5.99. The number of phenols is 1. The molecule has 6 heteroatoms. The van der Waals surface area contributed by atoms with Crippen LogP contribution in [-0.2, 0) is 0 Å². The molecule has 1 aliphatic rings. The first-order valence-corrected chi connectivity index (χ1v) is 8.71. The highest BCUT2D eigenvalue weighted by molar-refractivity contribution is 7.11. The highest BCUT2D eigenvalue weighted by Gasteiger charge is 2.26. The number of piperazine rings is 1. The van der Waals surface area contributed by atoms with Crippen LogP contribution in [0.4, 0.5) is 5.69 Å². The van der Waals surface area contributed by atoms with E-state index in [4.69, 9.17) is 0 Å². The van der Waals surface area contributed by atoms with Crippen LogP contribution in [0.15, 0.2) is 29.8 Å². The maximum atomic E-state index is 12.7. The standard InChI is InChI=1S/C17H21N3O2S/c1-12(2)15-16(23-11-18-15)17(22)20-9-7-19(8-10-20)13-5-3-4-6-14(13)21/h3-6,11-12,21H,7-10H2,1-2H3. The third-order valence-electron chi connectivity index (χ3n) is 4.13. The molecule has 1 saturated heterocycles. The summed E-state index contributed by atoms with van der Waals surface area (Å²) in [7, 11) is 0. The van der Waals surface area contributed by atoms with Gasteiger partial charge in [-0.3, -0.25) is 4.79 Å². The number of rotatable bonds is 3. The molecule has 0 bridgehead atoms. The van der Waals surface area contributed by atoms with Gasteiger partial charge >= 0.3 is 0 Å². The third-order valence-corrected chi connectivity index (χ3v) is 4.96. The van der Waals surface area contributed by atoms with Crippen LogP contribution in [-0.4, -0.2) is 47.1 Å². The van der Waals surface area contributed by atoms with E-state index in [9.17, 15) is 9.90 Å². The number of carbonyl (C=O) groups is 1. The summed E-state index contributed by atoms with van der Waals surface area (Å²) in [6, 6.07) is 7.33. The molecule has 23 heavy (non-hydrogen) atoms. The summed E-state index contributed by atoms with van der Waals surface area (Å²) >= 11 is 1.42. The van der Waals surface area contributed by atoms with Crippen molar-refractivity contribution in [2.45, 2.75) is 19.8 Å². The van der Waals surface area contributed by atoms with E-state index in [1.165, 1.54) is 11.3 Å². The molecule has 1 N–H and O–H groups in total.